The molecule has 1 aromatic carbocycles. The average Bonchev–Trinajstić information content (AvgIpc) is 2.89. The maximum absolute atomic E-state index is 12.3. The Morgan fingerprint density at radius 2 is 1.86 bits per heavy atom. The Bertz CT molecular complexity index is 698. The van der Waals surface area contributed by atoms with Gasteiger partial charge in [0.05, 0.1) is 17.8 Å². The van der Waals surface area contributed by atoms with E-state index in [4.69, 9.17) is 9.25 Å². The number of benzene rings is 1. The zero-order valence-corrected chi connectivity index (χ0v) is 13.9. The zero-order chi connectivity index (χ0) is 16.2. The van der Waals surface area contributed by atoms with Crippen LogP contribution in [0, 0.1) is 20.8 Å². The van der Waals surface area contributed by atoms with Gasteiger partial charge in [-0.15, -0.1) is 0 Å². The lowest BCUT2D eigenvalue weighted by atomic mass is 10.1. The first kappa shape index (κ1) is 16.7. The molecular weight excluding hydrogens is 302 g/mol. The van der Waals surface area contributed by atoms with Crippen LogP contribution < -0.4 is 4.89 Å². The number of furan rings is 1. The Balaban J connectivity index is 1.91. The molecule has 0 unspecified atom stereocenters. The van der Waals surface area contributed by atoms with E-state index in [1.807, 2.05) is 31.2 Å². The third kappa shape index (κ3) is 4.19. The van der Waals surface area contributed by atoms with E-state index < -0.39 is 10.0 Å². The summed E-state index contributed by atoms with van der Waals surface area (Å²) >= 11 is 0. The third-order valence-corrected chi connectivity index (χ3v) is 4.81. The van der Waals surface area contributed by atoms with E-state index >= 15 is 0 Å². The molecule has 0 aliphatic rings. The smallest absolute Gasteiger partial charge is 0.262 e. The van der Waals surface area contributed by atoms with Crippen LogP contribution in [0.2, 0.25) is 0 Å². The molecule has 5 nitrogen and oxygen atoms in total. The largest absolute Gasteiger partial charge is 0.469 e. The normalized spacial score (nSPS) is 11.8. The molecule has 0 radical (unpaired) electrons. The minimum absolute atomic E-state index is 0.282. The second-order valence-electron chi connectivity index (χ2n) is 5.35. The van der Waals surface area contributed by atoms with E-state index in [1.54, 1.807) is 20.1 Å². The second kappa shape index (κ2) is 7.09. The fraction of sp³-hybridized carbons (Fsp3) is 0.375. The van der Waals surface area contributed by atoms with Gasteiger partial charge in [-0.1, -0.05) is 22.6 Å². The molecule has 1 N–H and O–H groups in total. The predicted octanol–water partition coefficient (Wildman–Crippen LogP) is 3.05. The number of nitrogens with one attached hydrogen (secondary N) is 1. The van der Waals surface area contributed by atoms with E-state index in [2.05, 4.69) is 4.89 Å². The minimum Gasteiger partial charge on any atom is -0.469 e. The molecule has 1 aromatic heterocycles. The van der Waals surface area contributed by atoms with E-state index in [1.165, 1.54) is 0 Å². The molecule has 2 rings (SSSR count). The first-order chi connectivity index (χ1) is 10.4. The molecule has 0 bridgehead atoms. The standard InChI is InChI=1S/C16H21NO4S/c1-12-10-13(2)16(14(3)11-12)22(18,19)17-21-9-5-7-15-6-4-8-20-15/h4,6,8,10-11,17H,5,7,9H2,1-3H3. The quantitative estimate of drug-likeness (QED) is 0.628. The summed E-state index contributed by atoms with van der Waals surface area (Å²) in [6.07, 6.45) is 2.99. The maximum Gasteiger partial charge on any atom is 0.262 e. The number of hydrogen-bond acceptors (Lipinski definition) is 4. The van der Waals surface area contributed by atoms with Gasteiger partial charge in [0.15, 0.2) is 0 Å². The van der Waals surface area contributed by atoms with Crippen molar-refractivity contribution in [2.24, 2.45) is 0 Å². The molecule has 0 saturated heterocycles. The van der Waals surface area contributed by atoms with Crippen molar-refractivity contribution in [3.8, 4) is 0 Å². The summed E-state index contributed by atoms with van der Waals surface area (Å²) in [5, 5.41) is 0. The SMILES string of the molecule is Cc1cc(C)c(S(=O)(=O)NOCCCc2ccco2)c(C)c1. The van der Waals surface area contributed by atoms with Crippen LogP contribution >= 0.6 is 0 Å². The van der Waals surface area contributed by atoms with Gasteiger partial charge < -0.3 is 4.42 Å². The van der Waals surface area contributed by atoms with E-state index in [0.717, 1.165) is 11.3 Å². The van der Waals surface area contributed by atoms with Gasteiger partial charge in [0, 0.05) is 6.42 Å². The molecule has 0 fully saturated rings. The van der Waals surface area contributed by atoms with Gasteiger partial charge in [-0.25, -0.2) is 8.42 Å². The molecule has 0 amide bonds. The summed E-state index contributed by atoms with van der Waals surface area (Å²) in [5.74, 6) is 0.858. The first-order valence-corrected chi connectivity index (χ1v) is 8.62. The summed E-state index contributed by atoms with van der Waals surface area (Å²) in [6.45, 7) is 5.79. The highest BCUT2D eigenvalue weighted by atomic mass is 32.2. The van der Waals surface area contributed by atoms with Gasteiger partial charge in [-0.3, -0.25) is 4.84 Å². The van der Waals surface area contributed by atoms with E-state index in [0.29, 0.717) is 24.0 Å². The molecule has 0 spiro atoms. The van der Waals surface area contributed by atoms with Crippen molar-refractivity contribution < 1.29 is 17.7 Å². The number of rotatable bonds is 7. The minimum atomic E-state index is -3.67. The van der Waals surface area contributed by atoms with Gasteiger partial charge >= 0.3 is 0 Å². The first-order valence-electron chi connectivity index (χ1n) is 7.14. The van der Waals surface area contributed by atoms with Crippen molar-refractivity contribution in [2.45, 2.75) is 38.5 Å². The summed E-state index contributed by atoms with van der Waals surface area (Å²) in [7, 11) is -3.67. The van der Waals surface area contributed by atoms with Crippen molar-refractivity contribution in [1.29, 1.82) is 0 Å². The maximum atomic E-state index is 12.3. The number of sulfonamides is 1. The Labute approximate surface area is 131 Å². The summed E-state index contributed by atoms with van der Waals surface area (Å²) in [6, 6.07) is 7.39. The monoisotopic (exact) mass is 323 g/mol. The van der Waals surface area contributed by atoms with Crippen molar-refractivity contribution in [2.75, 3.05) is 6.61 Å². The van der Waals surface area contributed by atoms with Gasteiger partial charge in [-0.05, 0) is 50.5 Å². The fourth-order valence-electron chi connectivity index (χ4n) is 2.52. The molecule has 22 heavy (non-hydrogen) atoms. The van der Waals surface area contributed by atoms with Gasteiger partial charge in [0.2, 0.25) is 0 Å². The molecule has 0 atom stereocenters. The highest BCUT2D eigenvalue weighted by Gasteiger charge is 2.19. The topological polar surface area (TPSA) is 68.5 Å². The Morgan fingerprint density at radius 3 is 2.45 bits per heavy atom. The van der Waals surface area contributed by atoms with Crippen molar-refractivity contribution in [1.82, 2.24) is 4.89 Å². The van der Waals surface area contributed by atoms with Gasteiger partial charge in [0.25, 0.3) is 10.0 Å². The van der Waals surface area contributed by atoms with Crippen molar-refractivity contribution in [3.63, 3.8) is 0 Å². The van der Waals surface area contributed by atoms with Crippen LogP contribution in [0.1, 0.15) is 28.9 Å². The molecule has 2 aromatic rings. The summed E-state index contributed by atoms with van der Waals surface area (Å²) in [4.78, 5) is 7.59. The Kier molecular flexibility index (Phi) is 5.39. The van der Waals surface area contributed by atoms with Crippen molar-refractivity contribution >= 4 is 10.0 Å². The highest BCUT2D eigenvalue weighted by molar-refractivity contribution is 7.89. The van der Waals surface area contributed by atoms with Crippen LogP contribution in [0.4, 0.5) is 0 Å². The molecule has 0 aliphatic carbocycles. The van der Waals surface area contributed by atoms with Crippen LogP contribution in [0.3, 0.4) is 0 Å². The van der Waals surface area contributed by atoms with Crippen molar-refractivity contribution in [3.05, 3.63) is 53.0 Å². The lowest BCUT2D eigenvalue weighted by molar-refractivity contribution is 0.0905. The third-order valence-electron chi connectivity index (χ3n) is 3.29. The van der Waals surface area contributed by atoms with E-state index in [9.17, 15) is 8.42 Å². The molecule has 0 saturated carbocycles. The summed E-state index contributed by atoms with van der Waals surface area (Å²) in [5.41, 5.74) is 2.46. The molecule has 0 aliphatic heterocycles. The number of hydrogen-bond donors (Lipinski definition) is 1. The predicted molar refractivity (Wildman–Crippen MR) is 84.0 cm³/mol. The Hall–Kier alpha value is -1.63. The van der Waals surface area contributed by atoms with Crippen LogP contribution in [0.25, 0.3) is 0 Å². The second-order valence-corrected chi connectivity index (χ2v) is 6.93. The Morgan fingerprint density at radius 1 is 1.18 bits per heavy atom. The van der Waals surface area contributed by atoms with E-state index in [-0.39, 0.29) is 11.5 Å². The lowest BCUT2D eigenvalue weighted by Crippen LogP contribution is -2.26. The van der Waals surface area contributed by atoms with Crippen LogP contribution in [-0.4, -0.2) is 15.0 Å². The molecular formula is C16H21NO4S. The van der Waals surface area contributed by atoms with Crippen LogP contribution in [-0.2, 0) is 21.3 Å². The van der Waals surface area contributed by atoms with Crippen LogP contribution in [0.15, 0.2) is 39.8 Å². The molecule has 1 heterocycles. The average molecular weight is 323 g/mol. The number of aryl methyl sites for hydroxylation is 4. The zero-order valence-electron chi connectivity index (χ0n) is 13.0. The highest BCUT2D eigenvalue weighted by Crippen LogP contribution is 2.21. The van der Waals surface area contributed by atoms with Crippen LogP contribution in [0.5, 0.6) is 0 Å². The molecule has 6 heteroatoms. The van der Waals surface area contributed by atoms with Gasteiger partial charge in [-0.2, -0.15) is 0 Å². The fourth-order valence-corrected chi connectivity index (χ4v) is 3.81. The lowest BCUT2D eigenvalue weighted by Gasteiger charge is -2.13. The molecule has 120 valence electrons. The van der Waals surface area contributed by atoms with Gasteiger partial charge in [0.1, 0.15) is 5.76 Å². The summed E-state index contributed by atoms with van der Waals surface area (Å²) < 4.78 is 29.8.